The first kappa shape index (κ1) is 15.6. The van der Waals surface area contributed by atoms with Crippen LogP contribution in [0.15, 0.2) is 18.2 Å². The number of ether oxygens (including phenoxy) is 2. The fraction of sp³-hybridized carbons (Fsp3) is 0.500. The van der Waals surface area contributed by atoms with Crippen LogP contribution in [0.1, 0.15) is 19.4 Å². The Morgan fingerprint density at radius 2 is 1.68 bits per heavy atom. The van der Waals surface area contributed by atoms with Crippen LogP contribution in [0.2, 0.25) is 0 Å². The first-order valence-electron chi connectivity index (χ1n) is 5.64. The quantitative estimate of drug-likeness (QED) is 0.777. The third-order valence-corrected chi connectivity index (χ3v) is 2.18. The summed E-state index contributed by atoms with van der Waals surface area (Å²) in [5.41, 5.74) is 0.440. The van der Waals surface area contributed by atoms with E-state index in [0.29, 0.717) is 5.56 Å². The van der Waals surface area contributed by atoms with Crippen molar-refractivity contribution in [2.45, 2.75) is 39.7 Å². The summed E-state index contributed by atoms with van der Waals surface area (Å²) in [5.74, 6) is -0.403. The Labute approximate surface area is 108 Å². The van der Waals surface area contributed by atoms with Crippen LogP contribution in [-0.2, 0) is 6.54 Å². The van der Waals surface area contributed by atoms with Gasteiger partial charge in [0.25, 0.3) is 0 Å². The SMILES string of the molecule is CC(C)NCc1ccc(OC(F)F)cc1OC(F)F. The highest BCUT2D eigenvalue weighted by Gasteiger charge is 2.13. The standard InChI is InChI=1S/C12H15F4NO2/c1-7(2)17-6-8-3-4-9(18-11(13)14)5-10(8)19-12(15)16/h3-5,7,11-12,17H,6H2,1-2H3. The first-order chi connectivity index (χ1) is 8.88. The summed E-state index contributed by atoms with van der Waals surface area (Å²) in [4.78, 5) is 0. The number of alkyl halides is 4. The molecule has 7 heteroatoms. The van der Waals surface area contributed by atoms with Crippen LogP contribution in [0, 0.1) is 0 Å². The lowest BCUT2D eigenvalue weighted by Crippen LogP contribution is -2.22. The zero-order chi connectivity index (χ0) is 14.4. The second-order valence-corrected chi connectivity index (χ2v) is 4.06. The van der Waals surface area contributed by atoms with Gasteiger partial charge in [-0.15, -0.1) is 0 Å². The van der Waals surface area contributed by atoms with Crippen LogP contribution in [0.4, 0.5) is 17.6 Å². The minimum Gasteiger partial charge on any atom is -0.435 e. The van der Waals surface area contributed by atoms with E-state index in [9.17, 15) is 17.6 Å². The molecule has 0 aliphatic heterocycles. The van der Waals surface area contributed by atoms with Crippen LogP contribution < -0.4 is 14.8 Å². The molecule has 0 amide bonds. The summed E-state index contributed by atoms with van der Waals surface area (Å²) in [7, 11) is 0. The second-order valence-electron chi connectivity index (χ2n) is 4.06. The summed E-state index contributed by atoms with van der Waals surface area (Å²) in [6, 6.07) is 3.86. The first-order valence-corrected chi connectivity index (χ1v) is 5.64. The molecule has 0 heterocycles. The molecule has 0 unspecified atom stereocenters. The predicted octanol–water partition coefficient (Wildman–Crippen LogP) is 3.39. The molecule has 108 valence electrons. The largest absolute Gasteiger partial charge is 0.435 e. The van der Waals surface area contributed by atoms with Crippen molar-refractivity contribution in [2.75, 3.05) is 0 Å². The van der Waals surface area contributed by atoms with E-state index in [1.165, 1.54) is 12.1 Å². The average molecular weight is 281 g/mol. The molecule has 0 aromatic heterocycles. The van der Waals surface area contributed by atoms with Gasteiger partial charge in [-0.1, -0.05) is 19.9 Å². The molecule has 1 rings (SSSR count). The van der Waals surface area contributed by atoms with Gasteiger partial charge in [-0.25, -0.2) is 0 Å². The molecule has 0 saturated carbocycles. The van der Waals surface area contributed by atoms with E-state index in [2.05, 4.69) is 14.8 Å². The second kappa shape index (κ2) is 7.18. The minimum atomic E-state index is -3.03. The maximum absolute atomic E-state index is 12.3. The Balaban J connectivity index is 2.88. The maximum Gasteiger partial charge on any atom is 0.387 e. The summed E-state index contributed by atoms with van der Waals surface area (Å²) in [6.45, 7) is -1.97. The Morgan fingerprint density at radius 1 is 1.05 bits per heavy atom. The van der Waals surface area contributed by atoms with Crippen molar-refractivity contribution in [3.63, 3.8) is 0 Å². The van der Waals surface area contributed by atoms with Crippen LogP contribution in [0.25, 0.3) is 0 Å². The Morgan fingerprint density at radius 3 is 2.21 bits per heavy atom. The lowest BCUT2D eigenvalue weighted by atomic mass is 10.2. The molecular formula is C12H15F4NO2. The average Bonchev–Trinajstić information content (AvgIpc) is 2.26. The van der Waals surface area contributed by atoms with Crippen LogP contribution in [-0.4, -0.2) is 19.3 Å². The molecule has 1 aromatic rings. The summed E-state index contributed by atoms with van der Waals surface area (Å²) in [5, 5.41) is 3.02. The molecule has 19 heavy (non-hydrogen) atoms. The van der Waals surface area contributed by atoms with Crippen molar-refractivity contribution in [3.8, 4) is 11.5 Å². The Kier molecular flexibility index (Phi) is 5.88. The number of benzene rings is 1. The fourth-order valence-corrected chi connectivity index (χ4v) is 1.38. The smallest absolute Gasteiger partial charge is 0.387 e. The molecule has 0 atom stereocenters. The highest BCUT2D eigenvalue weighted by Crippen LogP contribution is 2.27. The van der Waals surface area contributed by atoms with E-state index in [-0.39, 0.29) is 24.1 Å². The van der Waals surface area contributed by atoms with Gasteiger partial charge in [-0.05, 0) is 6.07 Å². The number of halogens is 4. The minimum absolute atomic E-state index is 0.149. The molecule has 0 saturated heterocycles. The van der Waals surface area contributed by atoms with Crippen molar-refractivity contribution in [1.29, 1.82) is 0 Å². The van der Waals surface area contributed by atoms with E-state index in [4.69, 9.17) is 0 Å². The fourth-order valence-electron chi connectivity index (χ4n) is 1.38. The molecule has 0 bridgehead atoms. The monoisotopic (exact) mass is 281 g/mol. The number of hydrogen-bond donors (Lipinski definition) is 1. The van der Waals surface area contributed by atoms with E-state index in [0.717, 1.165) is 6.07 Å². The van der Waals surface area contributed by atoms with Gasteiger partial charge in [0.15, 0.2) is 0 Å². The van der Waals surface area contributed by atoms with Gasteiger partial charge < -0.3 is 14.8 Å². The number of rotatable bonds is 7. The lowest BCUT2D eigenvalue weighted by molar-refractivity contribution is -0.0546. The molecule has 3 nitrogen and oxygen atoms in total. The van der Waals surface area contributed by atoms with Gasteiger partial charge >= 0.3 is 13.2 Å². The molecular weight excluding hydrogens is 266 g/mol. The summed E-state index contributed by atoms with van der Waals surface area (Å²) >= 11 is 0. The van der Waals surface area contributed by atoms with Crippen LogP contribution in [0.5, 0.6) is 11.5 Å². The highest BCUT2D eigenvalue weighted by atomic mass is 19.3. The number of nitrogens with one attached hydrogen (secondary N) is 1. The Bertz CT molecular complexity index is 399. The predicted molar refractivity (Wildman–Crippen MR) is 61.7 cm³/mol. The number of hydrogen-bond acceptors (Lipinski definition) is 3. The Hall–Kier alpha value is -1.50. The van der Waals surface area contributed by atoms with Gasteiger partial charge in [0.2, 0.25) is 0 Å². The van der Waals surface area contributed by atoms with Crippen molar-refractivity contribution >= 4 is 0 Å². The van der Waals surface area contributed by atoms with Crippen LogP contribution >= 0.6 is 0 Å². The van der Waals surface area contributed by atoms with Gasteiger partial charge in [0.1, 0.15) is 11.5 Å². The van der Waals surface area contributed by atoms with Gasteiger partial charge in [0.05, 0.1) is 0 Å². The van der Waals surface area contributed by atoms with Crippen molar-refractivity contribution in [3.05, 3.63) is 23.8 Å². The third-order valence-electron chi connectivity index (χ3n) is 2.18. The molecule has 0 radical (unpaired) electrons. The maximum atomic E-state index is 12.3. The summed E-state index contributed by atoms with van der Waals surface area (Å²) < 4.78 is 57.1. The molecule has 1 N–H and O–H groups in total. The van der Waals surface area contributed by atoms with Crippen molar-refractivity contribution in [2.24, 2.45) is 0 Å². The molecule has 0 aliphatic rings. The van der Waals surface area contributed by atoms with E-state index < -0.39 is 13.2 Å². The van der Waals surface area contributed by atoms with Crippen molar-refractivity contribution < 1.29 is 27.0 Å². The molecule has 0 fully saturated rings. The lowest BCUT2D eigenvalue weighted by Gasteiger charge is -2.14. The normalized spacial score (nSPS) is 11.4. The van der Waals surface area contributed by atoms with Crippen LogP contribution in [0.3, 0.4) is 0 Å². The van der Waals surface area contributed by atoms with E-state index >= 15 is 0 Å². The zero-order valence-corrected chi connectivity index (χ0v) is 10.5. The molecule has 1 aromatic carbocycles. The third kappa shape index (κ3) is 5.78. The topological polar surface area (TPSA) is 30.5 Å². The van der Waals surface area contributed by atoms with E-state index in [1.807, 2.05) is 13.8 Å². The van der Waals surface area contributed by atoms with E-state index in [1.54, 1.807) is 0 Å². The van der Waals surface area contributed by atoms with Crippen molar-refractivity contribution in [1.82, 2.24) is 5.32 Å². The van der Waals surface area contributed by atoms with Gasteiger partial charge in [-0.3, -0.25) is 0 Å². The van der Waals surface area contributed by atoms with Gasteiger partial charge in [-0.2, -0.15) is 17.6 Å². The molecule has 0 spiro atoms. The molecule has 0 aliphatic carbocycles. The highest BCUT2D eigenvalue weighted by molar-refractivity contribution is 5.40. The van der Waals surface area contributed by atoms with Gasteiger partial charge in [0, 0.05) is 24.2 Å². The summed E-state index contributed by atoms with van der Waals surface area (Å²) in [6.07, 6.45) is 0. The zero-order valence-electron chi connectivity index (χ0n) is 10.5.